The average molecular weight is 256 g/mol. The lowest BCUT2D eigenvalue weighted by molar-refractivity contribution is 0.584. The molecule has 0 fully saturated rings. The molecule has 0 aliphatic heterocycles. The number of nitrogens with one attached hydrogen (secondary N) is 1. The fraction of sp³-hybridized carbons (Fsp3) is 0. The monoisotopic (exact) mass is 256 g/mol. The van der Waals surface area contributed by atoms with Crippen LogP contribution >= 0.6 is 11.3 Å². The van der Waals surface area contributed by atoms with E-state index < -0.39 is 10.0 Å². The van der Waals surface area contributed by atoms with Crippen molar-refractivity contribution in [3.8, 4) is 10.6 Å². The molecule has 16 heavy (non-hydrogen) atoms. The highest BCUT2D eigenvalue weighted by molar-refractivity contribution is 7.89. The number of nitrogens with two attached hydrogens (primary N) is 1. The molecule has 2 rings (SSSR count). The molecule has 0 aliphatic rings. The van der Waals surface area contributed by atoms with Crippen molar-refractivity contribution >= 4 is 21.4 Å². The number of sulfonamides is 1. The third kappa shape index (κ3) is 2.09. The minimum absolute atomic E-state index is 0.0997. The summed E-state index contributed by atoms with van der Waals surface area (Å²) in [4.78, 5) is 1.87. The van der Waals surface area contributed by atoms with E-state index in [1.54, 1.807) is 22.5 Å². The zero-order valence-corrected chi connectivity index (χ0v) is 9.62. The minimum atomic E-state index is -3.63. The first-order valence-corrected chi connectivity index (χ1v) is 6.59. The van der Waals surface area contributed by atoms with Gasteiger partial charge in [0.15, 0.2) is 0 Å². The van der Waals surface area contributed by atoms with Crippen molar-refractivity contribution in [2.75, 3.05) is 0 Å². The minimum Gasteiger partial charge on any atom is -0.257 e. The van der Waals surface area contributed by atoms with E-state index in [-0.39, 0.29) is 4.90 Å². The third-order valence-electron chi connectivity index (χ3n) is 1.91. The predicted molar refractivity (Wildman–Crippen MR) is 59.9 cm³/mol. The maximum absolute atomic E-state index is 11.5. The molecule has 0 bridgehead atoms. The molecule has 0 saturated carbocycles. The van der Waals surface area contributed by atoms with Crippen LogP contribution in [0, 0.1) is 0 Å². The highest BCUT2D eigenvalue weighted by Crippen LogP contribution is 2.22. The molecular formula is C8H8N4O2S2. The molecule has 1 aromatic carbocycles. The van der Waals surface area contributed by atoms with Gasteiger partial charge in [0.1, 0.15) is 10.5 Å². The van der Waals surface area contributed by atoms with Crippen LogP contribution in [-0.4, -0.2) is 18.6 Å². The molecule has 1 heterocycles. The van der Waals surface area contributed by atoms with E-state index in [9.17, 15) is 8.42 Å². The number of hydrazine groups is 1. The Hall–Kier alpha value is -1.35. The highest BCUT2D eigenvalue weighted by atomic mass is 32.2. The molecule has 0 amide bonds. The first kappa shape index (κ1) is 11.1. The van der Waals surface area contributed by atoms with Crippen LogP contribution in [0.15, 0.2) is 34.7 Å². The summed E-state index contributed by atoms with van der Waals surface area (Å²) in [6.45, 7) is 0. The summed E-state index contributed by atoms with van der Waals surface area (Å²) in [5, 5.41) is 8.21. The summed E-state index contributed by atoms with van der Waals surface area (Å²) in [6.07, 6.45) is 0. The van der Waals surface area contributed by atoms with Gasteiger partial charge in [0.2, 0.25) is 0 Å². The quantitative estimate of drug-likeness (QED) is 0.610. The number of rotatable bonds is 3. The van der Waals surface area contributed by atoms with E-state index in [1.807, 2.05) is 0 Å². The van der Waals surface area contributed by atoms with Crippen molar-refractivity contribution in [1.29, 1.82) is 0 Å². The van der Waals surface area contributed by atoms with Crippen molar-refractivity contribution in [1.82, 2.24) is 15.0 Å². The normalized spacial score (nSPS) is 11.6. The molecule has 0 atom stereocenters. The number of hydrogen-bond acceptors (Lipinski definition) is 6. The van der Waals surface area contributed by atoms with Crippen LogP contribution in [0.1, 0.15) is 0 Å². The van der Waals surface area contributed by atoms with Crippen molar-refractivity contribution in [2.45, 2.75) is 4.90 Å². The fourth-order valence-corrected chi connectivity index (χ4v) is 2.39. The van der Waals surface area contributed by atoms with Crippen LogP contribution < -0.4 is 10.7 Å². The summed E-state index contributed by atoms with van der Waals surface area (Å²) >= 11 is 1.33. The van der Waals surface area contributed by atoms with Gasteiger partial charge in [-0.2, -0.15) is 4.83 Å². The van der Waals surface area contributed by atoms with E-state index in [2.05, 4.69) is 10.2 Å². The molecular weight excluding hydrogens is 248 g/mol. The van der Waals surface area contributed by atoms with Crippen molar-refractivity contribution in [3.05, 3.63) is 29.8 Å². The van der Waals surface area contributed by atoms with Crippen LogP contribution in [0.5, 0.6) is 0 Å². The van der Waals surface area contributed by atoms with Crippen LogP contribution in [0.25, 0.3) is 10.6 Å². The molecule has 1 aromatic heterocycles. The second-order valence-corrected chi connectivity index (χ2v) is 5.44. The molecule has 0 spiro atoms. The number of aromatic nitrogens is 2. The first-order chi connectivity index (χ1) is 7.63. The number of nitrogens with zero attached hydrogens (tertiary/aromatic N) is 2. The number of benzene rings is 1. The maximum atomic E-state index is 11.5. The predicted octanol–water partition coefficient (Wildman–Crippen LogP) is 0.357. The van der Waals surface area contributed by atoms with Gasteiger partial charge < -0.3 is 0 Å². The lowest BCUT2D eigenvalue weighted by Crippen LogP contribution is -2.30. The second kappa shape index (κ2) is 4.26. The Balaban J connectivity index is 2.50. The van der Waals surface area contributed by atoms with E-state index >= 15 is 0 Å². The highest BCUT2D eigenvalue weighted by Gasteiger charge is 2.13. The topological polar surface area (TPSA) is 98.0 Å². The second-order valence-electron chi connectivity index (χ2n) is 2.89. The van der Waals surface area contributed by atoms with Gasteiger partial charge in [0, 0.05) is 5.56 Å². The largest absolute Gasteiger partial charge is 0.257 e. The van der Waals surface area contributed by atoms with E-state index in [0.29, 0.717) is 10.6 Å². The van der Waals surface area contributed by atoms with Gasteiger partial charge in [-0.3, -0.25) is 5.84 Å². The Morgan fingerprint density at radius 1 is 1.38 bits per heavy atom. The smallest absolute Gasteiger partial charge is 0.253 e. The molecule has 84 valence electrons. The molecule has 0 unspecified atom stereocenters. The van der Waals surface area contributed by atoms with Gasteiger partial charge in [0.25, 0.3) is 10.0 Å². The molecule has 3 N–H and O–H groups in total. The fourth-order valence-electron chi connectivity index (χ4n) is 1.16. The van der Waals surface area contributed by atoms with E-state index in [1.165, 1.54) is 23.5 Å². The third-order valence-corrected chi connectivity index (χ3v) is 3.83. The molecule has 0 radical (unpaired) electrons. The molecule has 0 saturated heterocycles. The maximum Gasteiger partial charge on any atom is 0.253 e. The van der Waals surface area contributed by atoms with Crippen LogP contribution in [0.2, 0.25) is 0 Å². The van der Waals surface area contributed by atoms with Gasteiger partial charge in [-0.05, 0) is 12.1 Å². The van der Waals surface area contributed by atoms with Gasteiger partial charge in [-0.15, -0.1) is 10.2 Å². The number of hydrogen-bond donors (Lipinski definition) is 2. The molecule has 0 aliphatic carbocycles. The summed E-state index contributed by atoms with van der Waals surface area (Å²) in [7, 11) is -3.63. The van der Waals surface area contributed by atoms with Gasteiger partial charge in [-0.1, -0.05) is 23.5 Å². The van der Waals surface area contributed by atoms with Crippen molar-refractivity contribution < 1.29 is 8.42 Å². The molecule has 6 nitrogen and oxygen atoms in total. The van der Waals surface area contributed by atoms with Crippen LogP contribution in [0.3, 0.4) is 0 Å². The summed E-state index contributed by atoms with van der Waals surface area (Å²) in [6, 6.07) is 6.34. The van der Waals surface area contributed by atoms with Gasteiger partial charge in [0.05, 0.1) is 4.90 Å². The Kier molecular flexibility index (Phi) is 2.97. The lowest BCUT2D eigenvalue weighted by Gasteiger charge is -2.03. The average Bonchev–Trinajstić information content (AvgIpc) is 2.83. The Morgan fingerprint density at radius 2 is 2.19 bits per heavy atom. The van der Waals surface area contributed by atoms with Crippen LogP contribution in [-0.2, 0) is 10.0 Å². The van der Waals surface area contributed by atoms with Crippen molar-refractivity contribution in [2.24, 2.45) is 5.84 Å². The summed E-state index contributed by atoms with van der Waals surface area (Å²) in [5.41, 5.74) is 2.27. The van der Waals surface area contributed by atoms with Crippen LogP contribution in [0.4, 0.5) is 0 Å². The standard InChI is InChI=1S/C8H8N4O2S2/c9-12-16(13,14)7-3-1-2-6(4-7)8-11-10-5-15-8/h1-5,12H,9H2. The Bertz CT molecular complexity index is 580. The molecule has 8 heteroatoms. The van der Waals surface area contributed by atoms with E-state index in [0.717, 1.165) is 0 Å². The SMILES string of the molecule is NNS(=O)(=O)c1cccc(-c2nncs2)c1. The Labute approximate surface area is 96.2 Å². The van der Waals surface area contributed by atoms with Gasteiger partial charge in [-0.25, -0.2) is 8.42 Å². The van der Waals surface area contributed by atoms with Crippen molar-refractivity contribution in [3.63, 3.8) is 0 Å². The zero-order chi connectivity index (χ0) is 11.6. The summed E-state index contributed by atoms with van der Waals surface area (Å²) in [5.74, 6) is 4.94. The Morgan fingerprint density at radius 3 is 2.81 bits per heavy atom. The first-order valence-electron chi connectivity index (χ1n) is 4.22. The van der Waals surface area contributed by atoms with Gasteiger partial charge >= 0.3 is 0 Å². The van der Waals surface area contributed by atoms with E-state index in [4.69, 9.17) is 5.84 Å². The summed E-state index contributed by atoms with van der Waals surface area (Å²) < 4.78 is 22.9. The molecule has 2 aromatic rings. The lowest BCUT2D eigenvalue weighted by atomic mass is 10.2. The zero-order valence-electron chi connectivity index (χ0n) is 7.99.